The Labute approximate surface area is 268 Å². The Balaban J connectivity index is 1.09. The summed E-state index contributed by atoms with van der Waals surface area (Å²) in [6, 6.07) is 19.6. The predicted molar refractivity (Wildman–Crippen MR) is 177 cm³/mol. The van der Waals surface area contributed by atoms with E-state index in [0.717, 1.165) is 11.1 Å². The van der Waals surface area contributed by atoms with Gasteiger partial charge in [0.25, 0.3) is 11.5 Å². The van der Waals surface area contributed by atoms with Crippen LogP contribution in [-0.4, -0.2) is 46.3 Å². The van der Waals surface area contributed by atoms with Gasteiger partial charge in [0, 0.05) is 34.9 Å². The molecule has 0 aliphatic carbocycles. The second kappa shape index (κ2) is 12.6. The lowest BCUT2D eigenvalue weighted by Crippen LogP contribution is -2.28. The second-order valence-electron chi connectivity index (χ2n) is 9.82. The molecule has 0 spiro atoms. The molecule has 6 heterocycles. The van der Waals surface area contributed by atoms with Crippen molar-refractivity contribution in [1.29, 1.82) is 0 Å². The van der Waals surface area contributed by atoms with Crippen LogP contribution in [0.2, 0.25) is 0 Å². The van der Waals surface area contributed by atoms with Gasteiger partial charge in [-0.1, -0.05) is 24.3 Å². The van der Waals surface area contributed by atoms with Crippen molar-refractivity contribution in [2.75, 3.05) is 10.6 Å². The van der Waals surface area contributed by atoms with Gasteiger partial charge in [-0.15, -0.1) is 22.7 Å². The van der Waals surface area contributed by atoms with Gasteiger partial charge in [-0.25, -0.2) is 15.0 Å². The zero-order chi connectivity index (χ0) is 31.5. The van der Waals surface area contributed by atoms with Crippen LogP contribution in [0.1, 0.15) is 10.5 Å². The highest BCUT2D eigenvalue weighted by Crippen LogP contribution is 2.30. The quantitative estimate of drug-likeness (QED) is 0.222. The molecule has 0 unspecified atom stereocenters. The first-order valence-electron chi connectivity index (χ1n) is 13.8. The summed E-state index contributed by atoms with van der Waals surface area (Å²) in [7, 11) is 0. The first-order valence-corrected chi connectivity index (χ1v) is 15.6. The normalized spacial score (nSPS) is 11.0. The number of hydrogen-bond donors (Lipinski definition) is 2. The molecule has 14 heteroatoms. The number of anilines is 2. The van der Waals surface area contributed by atoms with E-state index in [2.05, 4.69) is 40.5 Å². The third kappa shape index (κ3) is 6.02. The molecule has 0 saturated carbocycles. The molecule has 0 saturated heterocycles. The molecule has 0 atom stereocenters. The van der Waals surface area contributed by atoms with Crippen molar-refractivity contribution in [3.63, 3.8) is 0 Å². The van der Waals surface area contributed by atoms with E-state index in [4.69, 9.17) is 0 Å². The molecule has 0 radical (unpaired) electrons. The number of carbonyl (C=O) groups is 2. The van der Waals surface area contributed by atoms with Crippen molar-refractivity contribution >= 4 is 55.7 Å². The maximum absolute atomic E-state index is 13.4. The van der Waals surface area contributed by atoms with Gasteiger partial charge in [0.15, 0.2) is 10.3 Å². The van der Waals surface area contributed by atoms with E-state index in [-0.39, 0.29) is 23.7 Å². The molecule has 1 aromatic carbocycles. The van der Waals surface area contributed by atoms with E-state index in [0.29, 0.717) is 43.9 Å². The van der Waals surface area contributed by atoms with Gasteiger partial charge in [-0.05, 0) is 48.0 Å². The lowest BCUT2D eigenvalue weighted by molar-refractivity contribution is -0.116. The van der Waals surface area contributed by atoms with Gasteiger partial charge in [-0.2, -0.15) is 0 Å². The average Bonchev–Trinajstić information content (AvgIpc) is 3.77. The largest absolute Gasteiger partial charge is 0.300 e. The molecule has 224 valence electrons. The fraction of sp³-hybridized carbons (Fsp3) is 0.0312. The number of benzene rings is 1. The average molecular weight is 644 g/mol. The van der Waals surface area contributed by atoms with E-state index in [9.17, 15) is 14.4 Å². The molecule has 46 heavy (non-hydrogen) atoms. The number of nitrogens with one attached hydrogen (secondary N) is 2. The summed E-state index contributed by atoms with van der Waals surface area (Å²) in [5.41, 5.74) is 4.45. The van der Waals surface area contributed by atoms with E-state index in [1.54, 1.807) is 54.3 Å². The van der Waals surface area contributed by atoms with Crippen LogP contribution in [0.15, 0.2) is 107 Å². The number of aromatic nitrogens is 7. The summed E-state index contributed by atoms with van der Waals surface area (Å²) in [5.74, 6) is -0.759. The number of nitrogens with zero attached hydrogens (tertiary/aromatic N) is 7. The summed E-state index contributed by atoms with van der Waals surface area (Å²) in [5, 5.41) is 10.3. The Bertz CT molecular complexity index is 2270. The predicted octanol–water partition coefficient (Wildman–Crippen LogP) is 5.39. The summed E-state index contributed by atoms with van der Waals surface area (Å²) in [6.07, 6.45) is 6.25. The first-order chi connectivity index (χ1) is 22.5. The van der Waals surface area contributed by atoms with E-state index < -0.39 is 5.91 Å². The van der Waals surface area contributed by atoms with Crippen LogP contribution in [0.5, 0.6) is 0 Å². The molecule has 0 fully saturated rings. The molecule has 7 aromatic rings. The lowest BCUT2D eigenvalue weighted by atomic mass is 10.0. The Kier molecular flexibility index (Phi) is 7.85. The molecule has 2 N–H and O–H groups in total. The van der Waals surface area contributed by atoms with Crippen LogP contribution in [0.25, 0.3) is 44.8 Å². The number of rotatable bonds is 8. The number of fused-ring (bicyclic) bond motifs is 1. The van der Waals surface area contributed by atoms with E-state index >= 15 is 0 Å². The van der Waals surface area contributed by atoms with Crippen molar-refractivity contribution < 1.29 is 9.59 Å². The molecule has 6 aromatic heterocycles. The van der Waals surface area contributed by atoms with Crippen LogP contribution in [0.4, 0.5) is 10.3 Å². The summed E-state index contributed by atoms with van der Waals surface area (Å²) < 4.78 is 1.27. The molecule has 7 rings (SSSR count). The highest BCUT2D eigenvalue weighted by Gasteiger charge is 2.16. The number of pyridine rings is 3. The number of carbonyl (C=O) groups excluding carboxylic acids is 2. The number of amides is 2. The van der Waals surface area contributed by atoms with Crippen LogP contribution in [0.3, 0.4) is 0 Å². The third-order valence-corrected chi connectivity index (χ3v) is 8.32. The van der Waals surface area contributed by atoms with Crippen molar-refractivity contribution in [3.8, 4) is 33.9 Å². The maximum atomic E-state index is 13.4. The fourth-order valence-electron chi connectivity index (χ4n) is 4.66. The summed E-state index contributed by atoms with van der Waals surface area (Å²) >= 11 is 2.55. The number of hydrogen-bond acceptors (Lipinski definition) is 11. The van der Waals surface area contributed by atoms with Crippen LogP contribution >= 0.6 is 22.7 Å². The molecule has 2 amide bonds. The smallest absolute Gasteiger partial charge is 0.276 e. The molecule has 0 bridgehead atoms. The number of thiazole rings is 2. The minimum Gasteiger partial charge on any atom is -0.300 e. The van der Waals surface area contributed by atoms with Gasteiger partial charge in [-0.3, -0.25) is 39.2 Å². The summed E-state index contributed by atoms with van der Waals surface area (Å²) in [4.78, 5) is 65.1. The highest BCUT2D eigenvalue weighted by molar-refractivity contribution is 7.14. The lowest BCUT2D eigenvalue weighted by Gasteiger charge is -2.10. The van der Waals surface area contributed by atoms with E-state index in [1.165, 1.54) is 33.6 Å². The Morgan fingerprint density at radius 3 is 2.22 bits per heavy atom. The van der Waals surface area contributed by atoms with Gasteiger partial charge in [0.1, 0.15) is 23.6 Å². The molecule has 0 aliphatic rings. The topological polar surface area (TPSA) is 158 Å². The van der Waals surface area contributed by atoms with Crippen LogP contribution in [0, 0.1) is 0 Å². The Hall–Kier alpha value is -5.99. The molecular weight excluding hydrogens is 623 g/mol. The minimum absolute atomic E-state index is 0.229. The van der Waals surface area contributed by atoms with E-state index in [1.807, 2.05) is 41.8 Å². The Morgan fingerprint density at radius 2 is 1.46 bits per heavy atom. The number of para-hydroxylation sites is 1. The van der Waals surface area contributed by atoms with Gasteiger partial charge < -0.3 is 5.32 Å². The van der Waals surface area contributed by atoms with Crippen molar-refractivity contribution in [2.45, 2.75) is 6.54 Å². The Morgan fingerprint density at radius 1 is 0.717 bits per heavy atom. The fourth-order valence-corrected chi connectivity index (χ4v) is 6.08. The molecule has 12 nitrogen and oxygen atoms in total. The van der Waals surface area contributed by atoms with Crippen LogP contribution in [-0.2, 0) is 11.3 Å². The molecule has 0 aliphatic heterocycles. The monoisotopic (exact) mass is 643 g/mol. The zero-order valence-electron chi connectivity index (χ0n) is 23.7. The second-order valence-corrected chi connectivity index (χ2v) is 11.5. The van der Waals surface area contributed by atoms with Gasteiger partial charge in [0.05, 0.1) is 28.6 Å². The maximum Gasteiger partial charge on any atom is 0.276 e. The van der Waals surface area contributed by atoms with Crippen molar-refractivity contribution in [3.05, 3.63) is 118 Å². The first kappa shape index (κ1) is 28.8. The third-order valence-electron chi connectivity index (χ3n) is 6.80. The van der Waals surface area contributed by atoms with Crippen molar-refractivity contribution in [1.82, 2.24) is 34.5 Å². The zero-order valence-corrected chi connectivity index (χ0v) is 25.3. The van der Waals surface area contributed by atoms with Gasteiger partial charge >= 0.3 is 0 Å². The highest BCUT2D eigenvalue weighted by atomic mass is 32.1. The van der Waals surface area contributed by atoms with Crippen molar-refractivity contribution in [2.24, 2.45) is 0 Å². The minimum atomic E-state index is -0.404. The van der Waals surface area contributed by atoms with Gasteiger partial charge in [0.2, 0.25) is 5.91 Å². The standard InChI is InChI=1S/C32H21N9O3S2/c42-27(39-31-37-25(16-45-31)22-8-1-3-11-33-22)15-41-18-36-28-20(6-5-7-21(28)30(41)44)19-10-13-35-24(14-19)26-17-46-32(38-26)40-29(43)23-9-2-4-12-34-23/h1-14,16-18H,15H2,(H,37,39,42)(H,38,40,43). The molecular formula is C32H21N9O3S2. The van der Waals surface area contributed by atoms with Crippen LogP contribution < -0.4 is 16.2 Å². The summed E-state index contributed by atoms with van der Waals surface area (Å²) in [6.45, 7) is -0.229. The SMILES string of the molecule is O=C(Cn1cnc2c(-c3ccnc(-c4csc(NC(=O)c5ccccn5)n4)c3)cccc2c1=O)Nc1nc(-c2ccccn2)cs1.